The summed E-state index contributed by atoms with van der Waals surface area (Å²) >= 11 is 6.37. The van der Waals surface area contributed by atoms with Gasteiger partial charge in [-0.1, -0.05) is 77.8 Å². The summed E-state index contributed by atoms with van der Waals surface area (Å²) in [6.45, 7) is 3.16. The van der Waals surface area contributed by atoms with Crippen LogP contribution in [-0.4, -0.2) is 14.4 Å². The van der Waals surface area contributed by atoms with Crippen LogP contribution in [0.15, 0.2) is 83.8 Å². The largest absolute Gasteiger partial charge is 0.456 e. The molecular weight excluding hydrogens is 422 g/mol. The number of esters is 1. The maximum atomic E-state index is 13.1. The Kier molecular flexibility index (Phi) is 6.92. The molecule has 156 valence electrons. The molecule has 0 saturated heterocycles. The molecule has 2 atom stereocenters. The molecule has 0 aliphatic carbocycles. The number of carbonyl (C=O) groups excluding carboxylic acids is 1. The average molecular weight is 444 g/mol. The van der Waals surface area contributed by atoms with Crippen molar-refractivity contribution in [2.45, 2.75) is 30.9 Å². The van der Waals surface area contributed by atoms with Crippen molar-refractivity contribution in [2.24, 2.45) is 0 Å². The molecule has 0 aliphatic rings. The van der Waals surface area contributed by atoms with Gasteiger partial charge >= 0.3 is 5.97 Å². The number of halogens is 1. The molecule has 7 heteroatoms. The van der Waals surface area contributed by atoms with E-state index in [1.54, 1.807) is 60.7 Å². The number of ether oxygens (including phenoxy) is 1. The highest BCUT2D eigenvalue weighted by molar-refractivity contribution is 7.89. The van der Waals surface area contributed by atoms with E-state index in [9.17, 15) is 13.2 Å². The van der Waals surface area contributed by atoms with Crippen LogP contribution in [0.2, 0.25) is 5.02 Å². The van der Waals surface area contributed by atoms with Gasteiger partial charge in [0.15, 0.2) is 0 Å². The summed E-state index contributed by atoms with van der Waals surface area (Å²) < 4.78 is 34.6. The zero-order chi connectivity index (χ0) is 21.7. The quantitative estimate of drug-likeness (QED) is 0.523. The van der Waals surface area contributed by atoms with Crippen LogP contribution in [0.5, 0.6) is 0 Å². The molecule has 30 heavy (non-hydrogen) atoms. The average Bonchev–Trinajstić information content (AvgIpc) is 2.72. The Balaban J connectivity index is 2.10. The first-order chi connectivity index (χ1) is 14.3. The first-order valence-corrected chi connectivity index (χ1v) is 11.2. The first kappa shape index (κ1) is 22.0. The number of aryl methyl sites for hydroxylation is 1. The smallest absolute Gasteiger partial charge is 0.303 e. The van der Waals surface area contributed by atoms with Gasteiger partial charge in [0.1, 0.15) is 6.10 Å². The highest BCUT2D eigenvalue weighted by atomic mass is 35.5. The molecule has 0 fully saturated rings. The molecule has 0 saturated carbocycles. The molecule has 3 aromatic rings. The molecule has 0 bridgehead atoms. The lowest BCUT2D eigenvalue weighted by Gasteiger charge is -2.29. The highest BCUT2D eigenvalue weighted by Gasteiger charge is 2.33. The van der Waals surface area contributed by atoms with E-state index in [4.69, 9.17) is 16.3 Å². The Morgan fingerprint density at radius 2 is 1.53 bits per heavy atom. The minimum atomic E-state index is -3.91. The van der Waals surface area contributed by atoms with Crippen LogP contribution in [0.1, 0.15) is 35.8 Å². The monoisotopic (exact) mass is 443 g/mol. The van der Waals surface area contributed by atoms with Gasteiger partial charge in [-0.3, -0.25) is 4.79 Å². The van der Waals surface area contributed by atoms with E-state index in [0.29, 0.717) is 16.1 Å². The van der Waals surface area contributed by atoms with E-state index in [1.807, 2.05) is 13.0 Å². The van der Waals surface area contributed by atoms with E-state index < -0.39 is 28.1 Å². The Bertz CT molecular complexity index is 1120. The van der Waals surface area contributed by atoms with Gasteiger partial charge in [0.25, 0.3) is 0 Å². The zero-order valence-electron chi connectivity index (χ0n) is 16.6. The second-order valence-corrected chi connectivity index (χ2v) is 9.00. The Labute approximate surface area is 181 Å². The van der Waals surface area contributed by atoms with Crippen molar-refractivity contribution >= 4 is 27.6 Å². The molecule has 0 aromatic heterocycles. The Hall–Kier alpha value is -2.67. The lowest BCUT2D eigenvalue weighted by molar-refractivity contribution is -0.148. The fourth-order valence-corrected chi connectivity index (χ4v) is 4.58. The molecule has 3 rings (SSSR count). The van der Waals surface area contributed by atoms with Crippen LogP contribution < -0.4 is 4.72 Å². The topological polar surface area (TPSA) is 72.5 Å². The summed E-state index contributed by atoms with van der Waals surface area (Å²) in [6, 6.07) is 21.5. The maximum Gasteiger partial charge on any atom is 0.303 e. The SMILES string of the molecule is CC(=O)OC(c1ccccc1Cl)C(NS(=O)(=O)c1ccc(C)cc1)c1ccccc1. The Morgan fingerprint density at radius 1 is 0.933 bits per heavy atom. The third-order valence-corrected chi connectivity index (χ3v) is 6.38. The minimum Gasteiger partial charge on any atom is -0.456 e. The van der Waals surface area contributed by atoms with Crippen molar-refractivity contribution in [1.82, 2.24) is 4.72 Å². The predicted octanol–water partition coefficient (Wildman–Crippen LogP) is 4.97. The van der Waals surface area contributed by atoms with E-state index >= 15 is 0 Å². The van der Waals surface area contributed by atoms with Crippen LogP contribution in [0.25, 0.3) is 0 Å². The first-order valence-electron chi connectivity index (χ1n) is 9.33. The molecule has 0 aliphatic heterocycles. The summed E-state index contributed by atoms with van der Waals surface area (Å²) in [5.41, 5.74) is 2.09. The van der Waals surface area contributed by atoms with E-state index in [-0.39, 0.29) is 4.90 Å². The second kappa shape index (κ2) is 9.43. The van der Waals surface area contributed by atoms with Crippen molar-refractivity contribution in [3.63, 3.8) is 0 Å². The van der Waals surface area contributed by atoms with Crippen LogP contribution in [0.4, 0.5) is 0 Å². The van der Waals surface area contributed by atoms with Gasteiger partial charge in [-0.05, 0) is 30.7 Å². The van der Waals surface area contributed by atoms with Gasteiger partial charge in [0.05, 0.1) is 10.9 Å². The summed E-state index contributed by atoms with van der Waals surface area (Å²) in [7, 11) is -3.91. The molecule has 2 unspecified atom stereocenters. The Morgan fingerprint density at radius 3 is 2.13 bits per heavy atom. The van der Waals surface area contributed by atoms with Gasteiger partial charge in [-0.25, -0.2) is 8.42 Å². The fourth-order valence-electron chi connectivity index (χ4n) is 3.11. The van der Waals surface area contributed by atoms with Crippen molar-refractivity contribution in [1.29, 1.82) is 0 Å². The van der Waals surface area contributed by atoms with Crippen LogP contribution >= 0.6 is 11.6 Å². The molecule has 0 amide bonds. The highest BCUT2D eigenvalue weighted by Crippen LogP contribution is 2.37. The van der Waals surface area contributed by atoms with Gasteiger partial charge in [-0.15, -0.1) is 0 Å². The van der Waals surface area contributed by atoms with Crippen molar-refractivity contribution in [3.8, 4) is 0 Å². The summed E-state index contributed by atoms with van der Waals surface area (Å²) in [5.74, 6) is -0.546. The van der Waals surface area contributed by atoms with E-state index in [2.05, 4.69) is 4.72 Å². The molecule has 0 heterocycles. The summed E-state index contributed by atoms with van der Waals surface area (Å²) in [5, 5.41) is 0.374. The summed E-state index contributed by atoms with van der Waals surface area (Å²) in [6.07, 6.45) is -0.959. The fraction of sp³-hybridized carbons (Fsp3) is 0.174. The van der Waals surface area contributed by atoms with Gasteiger partial charge in [0.2, 0.25) is 10.0 Å². The number of sulfonamides is 1. The maximum absolute atomic E-state index is 13.1. The molecule has 1 N–H and O–H groups in total. The molecule has 0 radical (unpaired) electrons. The number of carbonyl (C=O) groups is 1. The molecular formula is C23H22ClNO4S. The third kappa shape index (κ3) is 5.27. The lowest BCUT2D eigenvalue weighted by atomic mass is 9.96. The summed E-state index contributed by atoms with van der Waals surface area (Å²) in [4.78, 5) is 12.0. The van der Waals surface area contributed by atoms with Gasteiger partial charge in [-0.2, -0.15) is 4.72 Å². The van der Waals surface area contributed by atoms with Gasteiger partial charge < -0.3 is 4.74 Å². The molecule has 5 nitrogen and oxygen atoms in total. The van der Waals surface area contributed by atoms with Crippen LogP contribution in [-0.2, 0) is 19.6 Å². The standard InChI is InChI=1S/C23H22ClNO4S/c1-16-12-14-19(15-13-16)30(27,28)25-22(18-8-4-3-5-9-18)23(29-17(2)26)20-10-6-7-11-21(20)24/h3-15,22-23,25H,1-2H3. The van der Waals surface area contributed by atoms with Crippen molar-refractivity contribution < 1.29 is 17.9 Å². The molecule has 0 spiro atoms. The number of nitrogens with one attached hydrogen (secondary N) is 1. The van der Waals surface area contributed by atoms with Crippen LogP contribution in [0.3, 0.4) is 0 Å². The number of hydrogen-bond acceptors (Lipinski definition) is 4. The molecule has 3 aromatic carbocycles. The van der Waals surface area contributed by atoms with E-state index in [1.165, 1.54) is 19.1 Å². The van der Waals surface area contributed by atoms with Crippen LogP contribution in [0, 0.1) is 6.92 Å². The van der Waals surface area contributed by atoms with Gasteiger partial charge in [0, 0.05) is 17.5 Å². The normalized spacial score (nSPS) is 13.4. The number of hydrogen-bond donors (Lipinski definition) is 1. The third-order valence-electron chi connectivity index (χ3n) is 4.58. The lowest BCUT2D eigenvalue weighted by Crippen LogP contribution is -2.34. The van der Waals surface area contributed by atoms with Crippen molar-refractivity contribution in [3.05, 3.63) is 101 Å². The minimum absolute atomic E-state index is 0.120. The number of rotatable bonds is 7. The predicted molar refractivity (Wildman–Crippen MR) is 117 cm³/mol. The van der Waals surface area contributed by atoms with E-state index in [0.717, 1.165) is 5.56 Å². The second-order valence-electron chi connectivity index (χ2n) is 6.87. The van der Waals surface area contributed by atoms with Crippen molar-refractivity contribution in [2.75, 3.05) is 0 Å². The number of benzene rings is 3. The zero-order valence-corrected chi connectivity index (χ0v) is 18.2.